The first-order valence-electron chi connectivity index (χ1n) is 7.83. The maximum Gasteiger partial charge on any atom is 0.291 e. The molecule has 4 heteroatoms. The minimum Gasteiger partial charge on any atom is -0.436 e. The second-order valence-electron chi connectivity index (χ2n) is 6.45. The highest BCUT2D eigenvalue weighted by Gasteiger charge is 2.41. The lowest BCUT2D eigenvalue weighted by Gasteiger charge is -2.47. The van der Waals surface area contributed by atoms with E-state index in [1.54, 1.807) is 6.92 Å². The summed E-state index contributed by atoms with van der Waals surface area (Å²) in [5, 5.41) is 0. The van der Waals surface area contributed by atoms with Gasteiger partial charge in [0.15, 0.2) is 5.89 Å². The van der Waals surface area contributed by atoms with Gasteiger partial charge in [0.05, 0.1) is 5.69 Å². The number of carbonyl (C=O) groups excluding carboxylic acids is 1. The standard InChI is InChI=1S/C16H24N2O2/c1-10-6-4-7-13-8-5-9-18(14(10)13)16(19)15-11(2)17-12(3)20-15/h10,13-14H,4-9H2,1-3H3/t10-,13+,14+/m1/s1. The molecule has 1 aromatic heterocycles. The molecule has 0 N–H and O–H groups in total. The van der Waals surface area contributed by atoms with E-state index >= 15 is 0 Å². The second kappa shape index (κ2) is 5.23. The number of rotatable bonds is 1. The summed E-state index contributed by atoms with van der Waals surface area (Å²) in [6.07, 6.45) is 6.20. The Hall–Kier alpha value is -1.32. The Morgan fingerprint density at radius 2 is 2.00 bits per heavy atom. The second-order valence-corrected chi connectivity index (χ2v) is 6.45. The highest BCUT2D eigenvalue weighted by Crippen LogP contribution is 2.39. The molecule has 0 unspecified atom stereocenters. The Morgan fingerprint density at radius 1 is 1.25 bits per heavy atom. The van der Waals surface area contributed by atoms with Crippen molar-refractivity contribution < 1.29 is 9.21 Å². The molecule has 3 atom stereocenters. The molecule has 2 fully saturated rings. The normalized spacial score (nSPS) is 30.1. The lowest BCUT2D eigenvalue weighted by Crippen LogP contribution is -2.53. The number of oxazole rings is 1. The molecule has 20 heavy (non-hydrogen) atoms. The van der Waals surface area contributed by atoms with Crippen LogP contribution in [0.15, 0.2) is 4.42 Å². The Balaban J connectivity index is 1.87. The SMILES string of the molecule is Cc1nc(C)c(C(=O)N2CCC[C@@H]3CCC[C@@H](C)[C@@H]32)o1. The third-order valence-electron chi connectivity index (χ3n) is 4.99. The molecule has 2 aliphatic rings. The molecule has 4 nitrogen and oxygen atoms in total. The topological polar surface area (TPSA) is 46.3 Å². The van der Waals surface area contributed by atoms with E-state index in [4.69, 9.17) is 4.42 Å². The van der Waals surface area contributed by atoms with Crippen molar-refractivity contribution in [1.82, 2.24) is 9.88 Å². The number of amides is 1. The van der Waals surface area contributed by atoms with Gasteiger partial charge in [-0.2, -0.15) is 0 Å². The van der Waals surface area contributed by atoms with Crippen LogP contribution in [0.3, 0.4) is 0 Å². The number of fused-ring (bicyclic) bond motifs is 1. The van der Waals surface area contributed by atoms with Crippen molar-refractivity contribution in [1.29, 1.82) is 0 Å². The molecule has 1 aromatic rings. The van der Waals surface area contributed by atoms with Crippen molar-refractivity contribution in [2.75, 3.05) is 6.54 Å². The van der Waals surface area contributed by atoms with Crippen LogP contribution < -0.4 is 0 Å². The minimum absolute atomic E-state index is 0.0477. The molecular formula is C16H24N2O2. The number of carbonyl (C=O) groups is 1. The van der Waals surface area contributed by atoms with Crippen LogP contribution in [-0.2, 0) is 0 Å². The first kappa shape index (κ1) is 13.7. The van der Waals surface area contributed by atoms with Gasteiger partial charge in [-0.15, -0.1) is 0 Å². The van der Waals surface area contributed by atoms with Crippen molar-refractivity contribution >= 4 is 5.91 Å². The molecule has 0 spiro atoms. The predicted molar refractivity (Wildman–Crippen MR) is 76.5 cm³/mol. The fraction of sp³-hybridized carbons (Fsp3) is 0.750. The first-order chi connectivity index (χ1) is 9.58. The third-order valence-corrected chi connectivity index (χ3v) is 4.99. The summed E-state index contributed by atoms with van der Waals surface area (Å²) in [4.78, 5) is 19.1. The summed E-state index contributed by atoms with van der Waals surface area (Å²) >= 11 is 0. The lowest BCUT2D eigenvalue weighted by atomic mass is 9.73. The lowest BCUT2D eigenvalue weighted by molar-refractivity contribution is 0.0186. The smallest absolute Gasteiger partial charge is 0.291 e. The van der Waals surface area contributed by atoms with Crippen LogP contribution in [0.4, 0.5) is 0 Å². The van der Waals surface area contributed by atoms with Crippen LogP contribution in [0, 0.1) is 25.7 Å². The van der Waals surface area contributed by atoms with Crippen LogP contribution in [0.2, 0.25) is 0 Å². The summed E-state index contributed by atoms with van der Waals surface area (Å²) in [6.45, 7) is 6.81. The molecule has 1 amide bonds. The van der Waals surface area contributed by atoms with Gasteiger partial charge in [0.1, 0.15) is 0 Å². The van der Waals surface area contributed by atoms with Crippen molar-refractivity contribution in [3.05, 3.63) is 17.3 Å². The Kier molecular flexibility index (Phi) is 3.57. The summed E-state index contributed by atoms with van der Waals surface area (Å²) < 4.78 is 5.54. The van der Waals surface area contributed by atoms with Gasteiger partial charge in [-0.25, -0.2) is 4.98 Å². The molecule has 0 aromatic carbocycles. The summed E-state index contributed by atoms with van der Waals surface area (Å²) in [6, 6.07) is 0.398. The summed E-state index contributed by atoms with van der Waals surface area (Å²) in [7, 11) is 0. The van der Waals surface area contributed by atoms with Gasteiger partial charge in [0, 0.05) is 19.5 Å². The number of piperidine rings is 1. The number of aromatic nitrogens is 1. The van der Waals surface area contributed by atoms with Gasteiger partial charge in [0.2, 0.25) is 5.76 Å². The van der Waals surface area contributed by atoms with Crippen LogP contribution in [-0.4, -0.2) is 28.4 Å². The van der Waals surface area contributed by atoms with E-state index in [1.165, 1.54) is 25.7 Å². The maximum atomic E-state index is 12.8. The molecule has 110 valence electrons. The number of nitrogens with zero attached hydrogens (tertiary/aromatic N) is 2. The van der Waals surface area contributed by atoms with E-state index in [2.05, 4.69) is 16.8 Å². The van der Waals surface area contributed by atoms with Gasteiger partial charge >= 0.3 is 0 Å². The molecule has 0 bridgehead atoms. The van der Waals surface area contributed by atoms with Gasteiger partial charge in [-0.3, -0.25) is 4.79 Å². The minimum atomic E-state index is 0.0477. The zero-order valence-corrected chi connectivity index (χ0v) is 12.7. The van der Waals surface area contributed by atoms with Gasteiger partial charge in [-0.1, -0.05) is 13.3 Å². The van der Waals surface area contributed by atoms with Crippen LogP contribution >= 0.6 is 0 Å². The number of hydrogen-bond acceptors (Lipinski definition) is 3. The zero-order valence-electron chi connectivity index (χ0n) is 12.7. The average Bonchev–Trinajstić information content (AvgIpc) is 2.77. The quantitative estimate of drug-likeness (QED) is 0.790. The highest BCUT2D eigenvalue weighted by atomic mass is 16.4. The fourth-order valence-corrected chi connectivity index (χ4v) is 4.15. The predicted octanol–water partition coefficient (Wildman–Crippen LogP) is 3.33. The Morgan fingerprint density at radius 3 is 2.70 bits per heavy atom. The molecule has 1 saturated carbocycles. The van der Waals surface area contributed by atoms with Crippen molar-refractivity contribution in [3.8, 4) is 0 Å². The molecule has 0 radical (unpaired) electrons. The van der Waals surface area contributed by atoms with Crippen LogP contribution in [0.1, 0.15) is 61.2 Å². The first-order valence-corrected chi connectivity index (χ1v) is 7.83. The third kappa shape index (κ3) is 2.25. The summed E-state index contributed by atoms with van der Waals surface area (Å²) in [5.41, 5.74) is 0.720. The van der Waals surface area contributed by atoms with E-state index < -0.39 is 0 Å². The Bertz CT molecular complexity index is 507. The molecule has 3 rings (SSSR count). The van der Waals surface area contributed by atoms with Crippen LogP contribution in [0.5, 0.6) is 0 Å². The van der Waals surface area contributed by atoms with Gasteiger partial charge in [-0.05, 0) is 44.4 Å². The molecule has 1 aliphatic carbocycles. The Labute approximate surface area is 120 Å². The number of likely N-dealkylation sites (tertiary alicyclic amines) is 1. The van der Waals surface area contributed by atoms with E-state index in [9.17, 15) is 4.79 Å². The zero-order chi connectivity index (χ0) is 14.3. The highest BCUT2D eigenvalue weighted by molar-refractivity contribution is 5.92. The van der Waals surface area contributed by atoms with Crippen molar-refractivity contribution in [2.45, 2.75) is 58.9 Å². The fourth-order valence-electron chi connectivity index (χ4n) is 4.15. The van der Waals surface area contributed by atoms with Crippen molar-refractivity contribution in [3.63, 3.8) is 0 Å². The number of aryl methyl sites for hydroxylation is 2. The monoisotopic (exact) mass is 276 g/mol. The summed E-state index contributed by atoms with van der Waals surface area (Å²) in [5.74, 6) is 2.35. The van der Waals surface area contributed by atoms with E-state index in [1.807, 2.05) is 6.92 Å². The molecule has 1 saturated heterocycles. The van der Waals surface area contributed by atoms with E-state index in [-0.39, 0.29) is 5.91 Å². The van der Waals surface area contributed by atoms with E-state index in [0.717, 1.165) is 18.7 Å². The average molecular weight is 276 g/mol. The maximum absolute atomic E-state index is 12.8. The molecule has 2 heterocycles. The molecule has 1 aliphatic heterocycles. The van der Waals surface area contributed by atoms with Crippen molar-refractivity contribution in [2.24, 2.45) is 11.8 Å². The van der Waals surface area contributed by atoms with E-state index in [0.29, 0.717) is 29.5 Å². The van der Waals surface area contributed by atoms with Gasteiger partial charge in [0.25, 0.3) is 5.91 Å². The largest absolute Gasteiger partial charge is 0.436 e. The number of hydrogen-bond donors (Lipinski definition) is 0. The molecular weight excluding hydrogens is 252 g/mol. The van der Waals surface area contributed by atoms with Crippen LogP contribution in [0.25, 0.3) is 0 Å². The van der Waals surface area contributed by atoms with Gasteiger partial charge < -0.3 is 9.32 Å².